The van der Waals surface area contributed by atoms with Gasteiger partial charge < -0.3 is 4.74 Å². The van der Waals surface area contributed by atoms with Gasteiger partial charge in [-0.25, -0.2) is 9.79 Å². The quantitative estimate of drug-likeness (QED) is 0.484. The zero-order valence-electron chi connectivity index (χ0n) is 19.5. The number of fused-ring (bicyclic) bond motifs is 1. The fourth-order valence-electron chi connectivity index (χ4n) is 3.75. The third-order valence-electron chi connectivity index (χ3n) is 5.50. The lowest BCUT2D eigenvalue weighted by molar-refractivity contribution is -0.140. The number of thiophene rings is 1. The summed E-state index contributed by atoms with van der Waals surface area (Å²) >= 11 is 2.87. The average molecular weight is 481 g/mol. The second-order valence-electron chi connectivity index (χ2n) is 8.91. The molecule has 3 aromatic rings. The molecule has 0 bridgehead atoms. The minimum atomic E-state index is -0.536. The number of hydrogen-bond acceptors (Lipinski definition) is 6. The van der Waals surface area contributed by atoms with Crippen molar-refractivity contribution in [1.82, 2.24) is 4.57 Å². The van der Waals surface area contributed by atoms with Gasteiger partial charge in [0.25, 0.3) is 5.56 Å². The lowest BCUT2D eigenvalue weighted by Gasteiger charge is -2.23. The number of rotatable bonds is 6. The fraction of sp³-hybridized carbons (Fsp3) is 0.346. The molecule has 0 fully saturated rings. The van der Waals surface area contributed by atoms with Gasteiger partial charge in [-0.2, -0.15) is 0 Å². The Balaban J connectivity index is 1.82. The second-order valence-corrected chi connectivity index (χ2v) is 10.9. The number of thiazole rings is 1. The van der Waals surface area contributed by atoms with Crippen LogP contribution in [0.5, 0.6) is 0 Å². The van der Waals surface area contributed by atoms with Crippen LogP contribution in [0.25, 0.3) is 6.08 Å². The maximum atomic E-state index is 13.6. The standard InChI is InChI=1S/C26H28N2O3S2/c1-15(2)14-31-25(30)22-17(5)27-26-28(23(22)20-7-6-12-32-20)24(29)21(33-26)13-18-8-10-19(11-9-18)16(3)4/h6-13,15-16,23H,14H2,1-5H3/b21-13+. The molecule has 1 aliphatic heterocycles. The van der Waals surface area contributed by atoms with Gasteiger partial charge in [0.2, 0.25) is 0 Å². The minimum absolute atomic E-state index is 0.147. The van der Waals surface area contributed by atoms with Crippen molar-refractivity contribution < 1.29 is 9.53 Å². The Hall–Kier alpha value is -2.77. The van der Waals surface area contributed by atoms with Crippen molar-refractivity contribution in [2.24, 2.45) is 10.9 Å². The zero-order chi connectivity index (χ0) is 23.7. The molecule has 1 unspecified atom stereocenters. The number of aromatic nitrogens is 1. The van der Waals surface area contributed by atoms with Crippen LogP contribution >= 0.6 is 22.7 Å². The number of carbonyl (C=O) groups is 1. The molecule has 172 valence electrons. The highest BCUT2D eigenvalue weighted by molar-refractivity contribution is 7.10. The number of esters is 1. The van der Waals surface area contributed by atoms with Crippen molar-refractivity contribution in [2.75, 3.05) is 6.61 Å². The monoisotopic (exact) mass is 480 g/mol. The topological polar surface area (TPSA) is 60.7 Å². The van der Waals surface area contributed by atoms with E-state index < -0.39 is 12.0 Å². The molecule has 0 amide bonds. The van der Waals surface area contributed by atoms with Gasteiger partial charge in [-0.15, -0.1) is 11.3 Å². The summed E-state index contributed by atoms with van der Waals surface area (Å²) < 4.78 is 7.79. The van der Waals surface area contributed by atoms with Crippen molar-refractivity contribution in [2.45, 2.75) is 46.6 Å². The van der Waals surface area contributed by atoms with Crippen LogP contribution in [0, 0.1) is 5.92 Å². The molecule has 0 spiro atoms. The molecule has 5 nitrogen and oxygen atoms in total. The van der Waals surface area contributed by atoms with Crippen LogP contribution < -0.4 is 14.9 Å². The molecular weight excluding hydrogens is 452 g/mol. The highest BCUT2D eigenvalue weighted by Crippen LogP contribution is 2.33. The van der Waals surface area contributed by atoms with Crippen LogP contribution in [0.2, 0.25) is 0 Å². The largest absolute Gasteiger partial charge is 0.462 e. The van der Waals surface area contributed by atoms with Crippen molar-refractivity contribution in [1.29, 1.82) is 0 Å². The molecule has 1 atom stereocenters. The van der Waals surface area contributed by atoms with E-state index >= 15 is 0 Å². The van der Waals surface area contributed by atoms with E-state index in [1.165, 1.54) is 28.2 Å². The summed E-state index contributed by atoms with van der Waals surface area (Å²) in [5.74, 6) is 0.257. The number of nitrogens with zero attached hydrogens (tertiary/aromatic N) is 2. The van der Waals surface area contributed by atoms with Gasteiger partial charge in [-0.1, -0.05) is 69.4 Å². The molecule has 2 aromatic heterocycles. The smallest absolute Gasteiger partial charge is 0.338 e. The van der Waals surface area contributed by atoms with Gasteiger partial charge in [0, 0.05) is 4.88 Å². The van der Waals surface area contributed by atoms with Gasteiger partial charge in [-0.05, 0) is 47.4 Å². The summed E-state index contributed by atoms with van der Waals surface area (Å²) in [6.45, 7) is 10.4. The highest BCUT2D eigenvalue weighted by Gasteiger charge is 2.34. The first-order valence-electron chi connectivity index (χ1n) is 11.1. The van der Waals surface area contributed by atoms with E-state index in [4.69, 9.17) is 4.74 Å². The molecule has 7 heteroatoms. The Morgan fingerprint density at radius 3 is 2.52 bits per heavy atom. The highest BCUT2D eigenvalue weighted by atomic mass is 32.1. The molecule has 1 aliphatic rings. The predicted molar refractivity (Wildman–Crippen MR) is 134 cm³/mol. The first kappa shape index (κ1) is 23.4. The van der Waals surface area contributed by atoms with Crippen LogP contribution in [-0.2, 0) is 9.53 Å². The molecule has 3 heterocycles. The van der Waals surface area contributed by atoms with Gasteiger partial charge in [0.1, 0.15) is 6.04 Å². The van der Waals surface area contributed by atoms with Crippen molar-refractivity contribution in [3.8, 4) is 0 Å². The predicted octanol–water partition coefficient (Wildman–Crippen LogP) is 4.62. The summed E-state index contributed by atoms with van der Waals surface area (Å²) in [7, 11) is 0. The van der Waals surface area contributed by atoms with Gasteiger partial charge in [0.15, 0.2) is 4.80 Å². The summed E-state index contributed by atoms with van der Waals surface area (Å²) in [4.78, 5) is 32.8. The van der Waals surface area contributed by atoms with E-state index in [9.17, 15) is 9.59 Å². The van der Waals surface area contributed by atoms with Crippen LogP contribution in [0.3, 0.4) is 0 Å². The lowest BCUT2D eigenvalue weighted by Crippen LogP contribution is -2.39. The Labute approximate surface area is 201 Å². The molecular formula is C26H28N2O3S2. The van der Waals surface area contributed by atoms with E-state index in [1.54, 1.807) is 4.57 Å². The first-order chi connectivity index (χ1) is 15.8. The number of hydrogen-bond donors (Lipinski definition) is 0. The van der Waals surface area contributed by atoms with Crippen molar-refractivity contribution in [3.05, 3.63) is 88.7 Å². The van der Waals surface area contributed by atoms with Gasteiger partial charge in [0.05, 0.1) is 22.4 Å². The Morgan fingerprint density at radius 2 is 1.91 bits per heavy atom. The van der Waals surface area contributed by atoms with E-state index in [2.05, 4.69) is 31.0 Å². The second kappa shape index (κ2) is 9.61. The van der Waals surface area contributed by atoms with E-state index in [0.29, 0.717) is 33.1 Å². The molecule has 1 aromatic carbocycles. The normalized spacial score (nSPS) is 16.3. The average Bonchev–Trinajstić information content (AvgIpc) is 3.40. The number of ether oxygens (including phenoxy) is 1. The zero-order valence-corrected chi connectivity index (χ0v) is 21.1. The molecule has 0 aliphatic carbocycles. The number of allylic oxidation sites excluding steroid dienone is 1. The third kappa shape index (κ3) is 4.80. The third-order valence-corrected chi connectivity index (χ3v) is 7.41. The fourth-order valence-corrected chi connectivity index (χ4v) is 5.62. The molecule has 4 rings (SSSR count). The molecule has 0 saturated carbocycles. The minimum Gasteiger partial charge on any atom is -0.462 e. The Morgan fingerprint density at radius 1 is 1.18 bits per heavy atom. The Bertz CT molecular complexity index is 1360. The van der Waals surface area contributed by atoms with E-state index in [-0.39, 0.29) is 11.5 Å². The van der Waals surface area contributed by atoms with E-state index in [0.717, 1.165) is 10.4 Å². The Kier molecular flexibility index (Phi) is 6.81. The lowest BCUT2D eigenvalue weighted by atomic mass is 10.0. The maximum Gasteiger partial charge on any atom is 0.338 e. The first-order valence-corrected chi connectivity index (χ1v) is 12.8. The summed E-state index contributed by atoms with van der Waals surface area (Å²) in [6.07, 6.45) is 1.90. The maximum absolute atomic E-state index is 13.6. The number of benzene rings is 1. The molecule has 33 heavy (non-hydrogen) atoms. The van der Waals surface area contributed by atoms with Crippen LogP contribution in [0.1, 0.15) is 62.6 Å². The SMILES string of the molecule is CC1=C(C(=O)OCC(C)C)C(c2cccs2)n2c(s/c(=C/c3ccc(C(C)C)cc3)c2=O)=N1. The van der Waals surface area contributed by atoms with Crippen molar-refractivity contribution in [3.63, 3.8) is 0 Å². The van der Waals surface area contributed by atoms with Crippen molar-refractivity contribution >= 4 is 34.7 Å². The summed E-state index contributed by atoms with van der Waals surface area (Å²) in [6, 6.07) is 11.6. The number of carbonyl (C=O) groups excluding carboxylic acids is 1. The van der Waals surface area contributed by atoms with Gasteiger partial charge in [-0.3, -0.25) is 9.36 Å². The molecule has 0 N–H and O–H groups in total. The summed E-state index contributed by atoms with van der Waals surface area (Å²) in [5.41, 5.74) is 3.09. The molecule has 0 radical (unpaired) electrons. The van der Waals surface area contributed by atoms with Gasteiger partial charge >= 0.3 is 5.97 Å². The molecule has 0 saturated heterocycles. The van der Waals surface area contributed by atoms with Crippen LogP contribution in [0.4, 0.5) is 0 Å². The summed E-state index contributed by atoms with van der Waals surface area (Å²) in [5, 5.41) is 1.95. The van der Waals surface area contributed by atoms with E-state index in [1.807, 2.05) is 56.5 Å². The van der Waals surface area contributed by atoms with Crippen LogP contribution in [0.15, 0.2) is 62.8 Å². The van der Waals surface area contributed by atoms with Crippen LogP contribution in [-0.4, -0.2) is 17.1 Å².